The molecule has 4 rings (SSSR count). The quantitative estimate of drug-likeness (QED) is 0.611. The molecule has 28 heavy (non-hydrogen) atoms. The minimum Gasteiger partial charge on any atom is -0.362 e. The highest BCUT2D eigenvalue weighted by atomic mass is 15.4. The maximum Gasteiger partial charge on any atom is 0.107 e. The number of hydrogen-bond donors (Lipinski definition) is 0. The van der Waals surface area contributed by atoms with Crippen LogP contribution in [-0.2, 0) is 12.8 Å². The number of anilines is 1. The Hall–Kier alpha value is -1.80. The van der Waals surface area contributed by atoms with Gasteiger partial charge in [-0.05, 0) is 69.7 Å². The number of quaternary nitrogens is 1. The first-order chi connectivity index (χ1) is 13.6. The number of aryl methyl sites for hydroxylation is 1. The lowest BCUT2D eigenvalue weighted by Crippen LogP contribution is -2.62. The van der Waals surface area contributed by atoms with Crippen LogP contribution in [0.25, 0.3) is 0 Å². The highest BCUT2D eigenvalue weighted by Crippen LogP contribution is 2.33. The summed E-state index contributed by atoms with van der Waals surface area (Å²) in [5.74, 6) is 0. The molecular weight excluding hydrogens is 340 g/mol. The van der Waals surface area contributed by atoms with E-state index in [0.29, 0.717) is 6.04 Å². The van der Waals surface area contributed by atoms with Gasteiger partial charge in [0.2, 0.25) is 0 Å². The second kappa shape index (κ2) is 8.29. The van der Waals surface area contributed by atoms with Crippen molar-refractivity contribution in [3.05, 3.63) is 65.2 Å². The lowest BCUT2D eigenvalue weighted by molar-refractivity contribution is -0.951. The van der Waals surface area contributed by atoms with Gasteiger partial charge in [-0.2, -0.15) is 0 Å². The van der Waals surface area contributed by atoms with Gasteiger partial charge < -0.3 is 9.38 Å². The molecule has 1 aliphatic carbocycles. The Morgan fingerprint density at radius 2 is 1.54 bits per heavy atom. The summed E-state index contributed by atoms with van der Waals surface area (Å²) in [5, 5.41) is 0. The highest BCUT2D eigenvalue weighted by Gasteiger charge is 2.39. The van der Waals surface area contributed by atoms with E-state index in [1.54, 1.807) is 11.1 Å². The Balaban J connectivity index is 1.63. The largest absolute Gasteiger partial charge is 0.362 e. The summed E-state index contributed by atoms with van der Waals surface area (Å²) in [5.41, 5.74) is 5.88. The molecule has 2 aliphatic rings. The second-order valence-electron chi connectivity index (χ2n) is 9.04. The minimum atomic E-state index is 0.595. The molecule has 0 amide bonds. The van der Waals surface area contributed by atoms with Crippen molar-refractivity contribution in [3.63, 3.8) is 0 Å². The van der Waals surface area contributed by atoms with E-state index in [1.807, 2.05) is 0 Å². The number of fused-ring (bicyclic) bond motifs is 1. The fraction of sp³-hybridized carbons (Fsp3) is 0.538. The van der Waals surface area contributed by atoms with Crippen molar-refractivity contribution >= 4 is 5.69 Å². The fourth-order valence-electron chi connectivity index (χ4n) is 5.77. The predicted octanol–water partition coefficient (Wildman–Crippen LogP) is 5.38. The van der Waals surface area contributed by atoms with E-state index in [4.69, 9.17) is 0 Å². The third-order valence-corrected chi connectivity index (χ3v) is 7.67. The van der Waals surface area contributed by atoms with Crippen LogP contribution in [0.3, 0.4) is 0 Å². The summed E-state index contributed by atoms with van der Waals surface area (Å²) in [6.07, 6.45) is 6.56. The van der Waals surface area contributed by atoms with Crippen LogP contribution in [0.5, 0.6) is 0 Å². The number of likely N-dealkylation sites (tertiary alicyclic amines) is 1. The Bertz CT molecular complexity index is 750. The molecule has 0 saturated carbocycles. The first-order valence-corrected chi connectivity index (χ1v) is 11.4. The first kappa shape index (κ1) is 19.5. The molecule has 1 aliphatic heterocycles. The van der Waals surface area contributed by atoms with Crippen LogP contribution in [0.4, 0.5) is 5.69 Å². The Morgan fingerprint density at radius 1 is 0.893 bits per heavy atom. The number of likely N-dealkylation sites (N-methyl/N-ethyl adjacent to an activating group) is 1. The smallest absolute Gasteiger partial charge is 0.107 e. The first-order valence-electron chi connectivity index (χ1n) is 11.4. The topological polar surface area (TPSA) is 3.24 Å². The van der Waals surface area contributed by atoms with Gasteiger partial charge >= 0.3 is 0 Å². The van der Waals surface area contributed by atoms with Crippen molar-refractivity contribution in [2.75, 3.05) is 31.1 Å². The zero-order valence-electron chi connectivity index (χ0n) is 18.0. The van der Waals surface area contributed by atoms with Crippen molar-refractivity contribution in [2.24, 2.45) is 0 Å². The number of piperidine rings is 1. The third-order valence-electron chi connectivity index (χ3n) is 7.67. The molecule has 1 fully saturated rings. The van der Waals surface area contributed by atoms with Crippen LogP contribution >= 0.6 is 0 Å². The predicted molar refractivity (Wildman–Crippen MR) is 120 cm³/mol. The third kappa shape index (κ3) is 3.72. The molecule has 1 saturated heterocycles. The summed E-state index contributed by atoms with van der Waals surface area (Å²) in [6.45, 7) is 12.1. The number of rotatable bonds is 6. The average Bonchev–Trinajstić information content (AvgIpc) is 3.17. The van der Waals surface area contributed by atoms with E-state index in [2.05, 4.69) is 74.2 Å². The number of hydrogen-bond acceptors (Lipinski definition) is 1. The minimum absolute atomic E-state index is 0.595. The molecule has 0 radical (unpaired) electrons. The van der Waals surface area contributed by atoms with Crippen molar-refractivity contribution in [3.8, 4) is 0 Å². The highest BCUT2D eigenvalue weighted by molar-refractivity contribution is 5.51. The second-order valence-corrected chi connectivity index (χ2v) is 9.04. The zero-order valence-corrected chi connectivity index (χ0v) is 18.0. The Morgan fingerprint density at radius 3 is 2.14 bits per heavy atom. The molecule has 2 aromatic rings. The average molecular weight is 378 g/mol. The van der Waals surface area contributed by atoms with Crippen LogP contribution < -0.4 is 4.90 Å². The van der Waals surface area contributed by atoms with Crippen LogP contribution in [0.15, 0.2) is 48.5 Å². The monoisotopic (exact) mass is 377 g/mol. The normalized spacial score (nSPS) is 21.5. The van der Waals surface area contributed by atoms with Gasteiger partial charge in [0.15, 0.2) is 0 Å². The van der Waals surface area contributed by atoms with Gasteiger partial charge in [-0.15, -0.1) is 0 Å². The lowest BCUT2D eigenvalue weighted by Gasteiger charge is -2.49. The van der Waals surface area contributed by atoms with Crippen LogP contribution in [0.2, 0.25) is 0 Å². The van der Waals surface area contributed by atoms with Gasteiger partial charge in [-0.25, -0.2) is 0 Å². The molecule has 0 N–H and O–H groups in total. The van der Waals surface area contributed by atoms with Gasteiger partial charge in [0.05, 0.1) is 26.2 Å². The molecule has 1 atom stereocenters. The lowest BCUT2D eigenvalue weighted by atomic mass is 9.96. The van der Waals surface area contributed by atoms with Gasteiger partial charge in [-0.1, -0.05) is 42.0 Å². The van der Waals surface area contributed by atoms with E-state index in [1.165, 1.54) is 74.0 Å². The van der Waals surface area contributed by atoms with Crippen molar-refractivity contribution in [1.82, 2.24) is 0 Å². The van der Waals surface area contributed by atoms with Crippen molar-refractivity contribution in [1.29, 1.82) is 0 Å². The van der Waals surface area contributed by atoms with E-state index in [-0.39, 0.29) is 0 Å². The molecule has 2 heteroatoms. The molecule has 150 valence electrons. The summed E-state index contributed by atoms with van der Waals surface area (Å²) < 4.78 is 1.31. The molecule has 0 bridgehead atoms. The summed E-state index contributed by atoms with van der Waals surface area (Å²) >= 11 is 0. The molecule has 0 spiro atoms. The summed E-state index contributed by atoms with van der Waals surface area (Å²) in [7, 11) is 0. The summed E-state index contributed by atoms with van der Waals surface area (Å²) in [4.78, 5) is 2.77. The van der Waals surface area contributed by atoms with E-state index >= 15 is 0 Å². The van der Waals surface area contributed by atoms with Crippen molar-refractivity contribution in [2.45, 2.75) is 65.0 Å². The standard InChI is InChI=1S/C26H37N2/c1-4-28(5-2)17-9-8-12-26(28)20-27(24-15-13-21(3)14-16-24)25-18-22-10-6-7-11-23(22)19-25/h6-7,10-11,13-16,25-26H,4-5,8-9,12,17-20H2,1-3H3/q+1. The van der Waals surface area contributed by atoms with E-state index in [0.717, 1.165) is 6.04 Å². The van der Waals surface area contributed by atoms with Crippen LogP contribution in [-0.4, -0.2) is 42.7 Å². The van der Waals surface area contributed by atoms with Gasteiger partial charge in [0.25, 0.3) is 0 Å². The van der Waals surface area contributed by atoms with Crippen LogP contribution in [0.1, 0.15) is 49.8 Å². The van der Waals surface area contributed by atoms with E-state index < -0.39 is 0 Å². The van der Waals surface area contributed by atoms with Gasteiger partial charge in [0.1, 0.15) is 6.04 Å². The van der Waals surface area contributed by atoms with E-state index in [9.17, 15) is 0 Å². The van der Waals surface area contributed by atoms with Gasteiger partial charge in [-0.3, -0.25) is 0 Å². The van der Waals surface area contributed by atoms with Crippen LogP contribution in [0, 0.1) is 6.92 Å². The molecular formula is C26H37N2+. The SMILES string of the molecule is CC[N+]1(CC)CCCCC1CN(c1ccc(C)cc1)C1Cc2ccccc2C1. The number of benzene rings is 2. The fourth-order valence-corrected chi connectivity index (χ4v) is 5.77. The number of nitrogens with zero attached hydrogens (tertiary/aromatic N) is 2. The maximum atomic E-state index is 2.77. The molecule has 0 aromatic heterocycles. The van der Waals surface area contributed by atoms with Gasteiger partial charge in [0, 0.05) is 18.2 Å². The molecule has 1 unspecified atom stereocenters. The zero-order chi connectivity index (χ0) is 19.6. The van der Waals surface area contributed by atoms with Crippen molar-refractivity contribution < 1.29 is 4.48 Å². The maximum absolute atomic E-state index is 2.77. The Labute approximate surface area is 171 Å². The molecule has 2 aromatic carbocycles. The molecule has 2 nitrogen and oxygen atoms in total. The molecule has 1 heterocycles. The summed E-state index contributed by atoms with van der Waals surface area (Å²) in [6, 6.07) is 19.7. The Kier molecular flexibility index (Phi) is 5.78.